The number of rotatable bonds is 7. The van der Waals surface area contributed by atoms with E-state index in [-0.39, 0.29) is 17.7 Å². The van der Waals surface area contributed by atoms with Crippen LogP contribution in [-0.2, 0) is 4.79 Å². The highest BCUT2D eigenvalue weighted by Crippen LogP contribution is 2.38. The van der Waals surface area contributed by atoms with Gasteiger partial charge >= 0.3 is 5.97 Å². The van der Waals surface area contributed by atoms with E-state index in [2.05, 4.69) is 26.2 Å². The van der Waals surface area contributed by atoms with Crippen LogP contribution in [0.1, 0.15) is 49.9 Å². The highest BCUT2D eigenvalue weighted by atomic mass is 35.5. The summed E-state index contributed by atoms with van der Waals surface area (Å²) in [4.78, 5) is 25.0. The Labute approximate surface area is 221 Å². The van der Waals surface area contributed by atoms with Crippen LogP contribution in [0.15, 0.2) is 24.4 Å². The van der Waals surface area contributed by atoms with Crippen molar-refractivity contribution in [1.29, 1.82) is 5.26 Å². The molecule has 10 heteroatoms. The molecule has 0 unspecified atom stereocenters. The van der Waals surface area contributed by atoms with Crippen molar-refractivity contribution in [1.82, 2.24) is 14.9 Å². The van der Waals surface area contributed by atoms with E-state index in [0.717, 1.165) is 50.4 Å². The van der Waals surface area contributed by atoms with Crippen LogP contribution in [0.25, 0.3) is 0 Å². The van der Waals surface area contributed by atoms with Gasteiger partial charge in [0, 0.05) is 35.7 Å². The van der Waals surface area contributed by atoms with E-state index in [1.165, 1.54) is 12.8 Å². The molecule has 2 saturated heterocycles. The zero-order valence-electron chi connectivity index (χ0n) is 20.2. The standard InChI is InChI=1S/C26H30Cl2N6O2/c1-15(21-5-4-19(27)9-22(21)28)31-25-23(10-29)30-11-24(32-25)34-13-18(14-34)16-3-2-6-33(12-16)20-7-17(8-20)26(35)36/h4-5,9,11,15-18,20H,2-3,6-8,12-14H2,1H3,(H,31,32)(H,35,36)/t15-,16+,17?,20?/m1/s1. The summed E-state index contributed by atoms with van der Waals surface area (Å²) in [6.07, 6.45) is 5.64. The maximum Gasteiger partial charge on any atom is 0.306 e. The van der Waals surface area contributed by atoms with Gasteiger partial charge in [-0.05, 0) is 68.7 Å². The van der Waals surface area contributed by atoms with Crippen molar-refractivity contribution in [2.45, 2.75) is 44.7 Å². The summed E-state index contributed by atoms with van der Waals surface area (Å²) in [5, 5.41) is 23.2. The van der Waals surface area contributed by atoms with E-state index < -0.39 is 5.97 Å². The Morgan fingerprint density at radius 2 is 2.03 bits per heavy atom. The number of nitriles is 1. The van der Waals surface area contributed by atoms with Gasteiger partial charge in [0.15, 0.2) is 11.5 Å². The Balaban J connectivity index is 1.20. The molecule has 3 heterocycles. The number of hydrogen-bond donors (Lipinski definition) is 2. The SMILES string of the molecule is C[C@@H](Nc1nc(N2CC([C@H]3CCCN(C4CC(C(=O)O)C4)C3)C2)cnc1C#N)c1ccc(Cl)cc1Cl. The maximum atomic E-state index is 11.2. The summed E-state index contributed by atoms with van der Waals surface area (Å²) in [7, 11) is 0. The van der Waals surface area contributed by atoms with Crippen molar-refractivity contribution in [2.24, 2.45) is 17.8 Å². The first-order valence-electron chi connectivity index (χ1n) is 12.5. The zero-order valence-corrected chi connectivity index (χ0v) is 21.7. The number of aromatic nitrogens is 2. The summed E-state index contributed by atoms with van der Waals surface area (Å²) in [6.45, 7) is 5.93. The second-order valence-electron chi connectivity index (χ2n) is 10.3. The molecule has 0 radical (unpaired) electrons. The summed E-state index contributed by atoms with van der Waals surface area (Å²) >= 11 is 12.4. The fourth-order valence-electron chi connectivity index (χ4n) is 5.69. The van der Waals surface area contributed by atoms with E-state index >= 15 is 0 Å². The van der Waals surface area contributed by atoms with Gasteiger partial charge in [-0.25, -0.2) is 9.97 Å². The van der Waals surface area contributed by atoms with Crippen LogP contribution in [-0.4, -0.2) is 58.2 Å². The van der Waals surface area contributed by atoms with Gasteiger partial charge in [0.25, 0.3) is 0 Å². The number of benzene rings is 1. The quantitative estimate of drug-likeness (QED) is 0.525. The average Bonchev–Trinajstić information content (AvgIpc) is 2.77. The molecule has 2 atom stereocenters. The lowest BCUT2D eigenvalue weighted by atomic mass is 9.76. The number of carbonyl (C=O) groups is 1. The molecule has 1 aromatic heterocycles. The lowest BCUT2D eigenvalue weighted by Crippen LogP contribution is -2.56. The number of nitrogens with zero attached hydrogens (tertiary/aromatic N) is 5. The van der Waals surface area contributed by atoms with Crippen molar-refractivity contribution in [2.75, 3.05) is 36.4 Å². The lowest BCUT2D eigenvalue weighted by Gasteiger charge is -2.50. The molecule has 3 aliphatic rings. The first-order valence-corrected chi connectivity index (χ1v) is 13.3. The molecular formula is C26H30Cl2N6O2. The first kappa shape index (κ1) is 25.1. The van der Waals surface area contributed by atoms with E-state index in [0.29, 0.717) is 33.7 Å². The van der Waals surface area contributed by atoms with Crippen molar-refractivity contribution in [3.63, 3.8) is 0 Å². The Hall–Kier alpha value is -2.60. The lowest BCUT2D eigenvalue weighted by molar-refractivity contribution is -0.147. The summed E-state index contributed by atoms with van der Waals surface area (Å²) in [6, 6.07) is 7.72. The molecule has 1 aliphatic carbocycles. The number of piperidine rings is 1. The molecule has 2 aromatic rings. The normalized spacial score (nSPS) is 25.4. The smallest absolute Gasteiger partial charge is 0.306 e. The van der Waals surface area contributed by atoms with E-state index in [9.17, 15) is 15.2 Å². The molecule has 2 N–H and O–H groups in total. The third kappa shape index (κ3) is 5.10. The van der Waals surface area contributed by atoms with Crippen LogP contribution in [0.4, 0.5) is 11.6 Å². The molecule has 1 saturated carbocycles. The molecular weight excluding hydrogens is 499 g/mol. The predicted octanol–water partition coefficient (Wildman–Crippen LogP) is 4.84. The third-order valence-electron chi connectivity index (χ3n) is 8.02. The van der Waals surface area contributed by atoms with Crippen LogP contribution >= 0.6 is 23.2 Å². The number of halogens is 2. The fourth-order valence-corrected chi connectivity index (χ4v) is 6.26. The van der Waals surface area contributed by atoms with Gasteiger partial charge < -0.3 is 20.2 Å². The minimum Gasteiger partial charge on any atom is -0.481 e. The van der Waals surface area contributed by atoms with Gasteiger partial charge in [0.05, 0.1) is 18.2 Å². The average molecular weight is 529 g/mol. The maximum absolute atomic E-state index is 11.2. The number of carboxylic acids is 1. The predicted molar refractivity (Wildman–Crippen MR) is 139 cm³/mol. The topological polar surface area (TPSA) is 105 Å². The number of carboxylic acid groups (broad SMARTS) is 1. The second kappa shape index (κ2) is 10.4. The number of likely N-dealkylation sites (tertiary alicyclic amines) is 1. The van der Waals surface area contributed by atoms with Gasteiger partial charge in [-0.2, -0.15) is 5.26 Å². The van der Waals surface area contributed by atoms with Crippen LogP contribution in [0.3, 0.4) is 0 Å². The molecule has 36 heavy (non-hydrogen) atoms. The molecule has 3 fully saturated rings. The minimum atomic E-state index is -0.655. The minimum absolute atomic E-state index is 0.161. The van der Waals surface area contributed by atoms with Crippen molar-refractivity contribution >= 4 is 40.8 Å². The van der Waals surface area contributed by atoms with Gasteiger partial charge in [-0.15, -0.1) is 0 Å². The number of nitrogens with one attached hydrogen (secondary N) is 1. The summed E-state index contributed by atoms with van der Waals surface area (Å²) < 4.78 is 0. The monoisotopic (exact) mass is 528 g/mol. The Kier molecular flexibility index (Phi) is 7.25. The zero-order chi connectivity index (χ0) is 25.4. The molecule has 1 aromatic carbocycles. The van der Waals surface area contributed by atoms with Gasteiger partial charge in [0.2, 0.25) is 0 Å². The number of anilines is 2. The van der Waals surface area contributed by atoms with E-state index in [1.807, 2.05) is 13.0 Å². The van der Waals surface area contributed by atoms with Crippen LogP contribution in [0.2, 0.25) is 10.0 Å². The molecule has 0 bridgehead atoms. The molecule has 0 spiro atoms. The third-order valence-corrected chi connectivity index (χ3v) is 8.58. The largest absolute Gasteiger partial charge is 0.481 e. The summed E-state index contributed by atoms with van der Waals surface area (Å²) in [5.41, 5.74) is 1.11. The van der Waals surface area contributed by atoms with Crippen molar-refractivity contribution < 1.29 is 9.90 Å². The van der Waals surface area contributed by atoms with E-state index in [4.69, 9.17) is 28.2 Å². The molecule has 8 nitrogen and oxygen atoms in total. The highest BCUT2D eigenvalue weighted by molar-refractivity contribution is 6.35. The Bertz CT molecular complexity index is 1180. The van der Waals surface area contributed by atoms with Gasteiger partial charge in [-0.3, -0.25) is 4.79 Å². The van der Waals surface area contributed by atoms with Crippen LogP contribution in [0.5, 0.6) is 0 Å². The highest BCUT2D eigenvalue weighted by Gasteiger charge is 2.42. The number of hydrogen-bond acceptors (Lipinski definition) is 7. The molecule has 5 rings (SSSR count). The Morgan fingerprint density at radius 3 is 2.72 bits per heavy atom. The second-order valence-corrected chi connectivity index (χ2v) is 11.1. The van der Waals surface area contributed by atoms with Gasteiger partial charge in [0.1, 0.15) is 11.9 Å². The summed E-state index contributed by atoms with van der Waals surface area (Å²) in [5.74, 6) is 1.60. The number of aliphatic carboxylic acids is 1. The molecule has 0 amide bonds. The molecule has 2 aliphatic heterocycles. The van der Waals surface area contributed by atoms with Gasteiger partial charge in [-0.1, -0.05) is 29.3 Å². The van der Waals surface area contributed by atoms with E-state index in [1.54, 1.807) is 18.3 Å². The van der Waals surface area contributed by atoms with Crippen LogP contribution in [0, 0.1) is 29.1 Å². The fraction of sp³-hybridized carbons (Fsp3) is 0.538. The molecule has 190 valence electrons. The van der Waals surface area contributed by atoms with Crippen molar-refractivity contribution in [3.05, 3.63) is 45.7 Å². The van der Waals surface area contributed by atoms with Crippen LogP contribution < -0.4 is 10.2 Å². The first-order chi connectivity index (χ1) is 17.3. The van der Waals surface area contributed by atoms with Crippen molar-refractivity contribution in [3.8, 4) is 6.07 Å². The Morgan fingerprint density at radius 1 is 1.25 bits per heavy atom.